The molecular weight excluding hydrogens is 322 g/mol. The Bertz CT molecular complexity index is 547. The summed E-state index contributed by atoms with van der Waals surface area (Å²) in [4.78, 5) is 24.8. The van der Waals surface area contributed by atoms with Crippen LogP contribution in [-0.4, -0.2) is 31.4 Å². The van der Waals surface area contributed by atoms with Gasteiger partial charge in [0.05, 0.1) is 9.88 Å². The number of amides is 2. The highest BCUT2D eigenvalue weighted by Crippen LogP contribution is 2.28. The minimum atomic E-state index is -0.447. The van der Waals surface area contributed by atoms with Crippen molar-refractivity contribution in [1.82, 2.24) is 10.6 Å². The van der Waals surface area contributed by atoms with Gasteiger partial charge in [0.1, 0.15) is 0 Å². The van der Waals surface area contributed by atoms with Crippen molar-refractivity contribution >= 4 is 40.6 Å². The molecule has 2 heterocycles. The van der Waals surface area contributed by atoms with Gasteiger partial charge in [-0.15, -0.1) is 23.7 Å². The molecular formula is C15H24ClN3O2S. The number of hydrogen-bond acceptors (Lipinski definition) is 4. The Hall–Kier alpha value is -1.11. The van der Waals surface area contributed by atoms with Crippen LogP contribution in [0.25, 0.3) is 0 Å². The minimum absolute atomic E-state index is 0. The molecule has 0 atom stereocenters. The lowest BCUT2D eigenvalue weighted by atomic mass is 9.96. The van der Waals surface area contributed by atoms with Gasteiger partial charge in [-0.05, 0) is 18.6 Å². The van der Waals surface area contributed by atoms with Crippen molar-refractivity contribution < 1.29 is 9.59 Å². The van der Waals surface area contributed by atoms with Gasteiger partial charge in [-0.1, -0.05) is 20.8 Å². The minimum Gasteiger partial charge on any atom is -0.351 e. The van der Waals surface area contributed by atoms with E-state index in [0.29, 0.717) is 17.3 Å². The second-order valence-electron chi connectivity index (χ2n) is 6.56. The number of hydrogen-bond donors (Lipinski definition) is 3. The number of nitrogens with one attached hydrogen (secondary N) is 3. The predicted octanol–water partition coefficient (Wildman–Crippen LogP) is 2.41. The molecule has 0 unspecified atom stereocenters. The van der Waals surface area contributed by atoms with Crippen LogP contribution in [0.3, 0.4) is 0 Å². The third kappa shape index (κ3) is 4.69. The van der Waals surface area contributed by atoms with E-state index in [-0.39, 0.29) is 24.2 Å². The van der Waals surface area contributed by atoms with Gasteiger partial charge < -0.3 is 16.0 Å². The summed E-state index contributed by atoms with van der Waals surface area (Å²) in [5, 5.41) is 9.74. The quantitative estimate of drug-likeness (QED) is 0.784. The Morgan fingerprint density at radius 1 is 1.36 bits per heavy atom. The van der Waals surface area contributed by atoms with Gasteiger partial charge in [-0.3, -0.25) is 9.59 Å². The van der Waals surface area contributed by atoms with Crippen LogP contribution in [0.15, 0.2) is 6.07 Å². The summed E-state index contributed by atoms with van der Waals surface area (Å²) in [6.07, 6.45) is 0. The van der Waals surface area contributed by atoms with Crippen LogP contribution in [0.1, 0.15) is 36.0 Å². The summed E-state index contributed by atoms with van der Waals surface area (Å²) in [5.74, 6) is 0.436. The number of rotatable bonds is 4. The first-order chi connectivity index (χ1) is 9.77. The van der Waals surface area contributed by atoms with Crippen molar-refractivity contribution in [2.75, 3.05) is 25.0 Å². The van der Waals surface area contributed by atoms with Crippen LogP contribution in [0.4, 0.5) is 5.00 Å². The third-order valence-corrected chi connectivity index (χ3v) is 4.61. The highest BCUT2D eigenvalue weighted by molar-refractivity contribution is 7.18. The summed E-state index contributed by atoms with van der Waals surface area (Å²) >= 11 is 1.33. The maximum atomic E-state index is 12.2. The molecule has 0 bridgehead atoms. The van der Waals surface area contributed by atoms with Crippen LogP contribution in [-0.2, 0) is 4.79 Å². The molecule has 1 aromatic heterocycles. The van der Waals surface area contributed by atoms with Crippen LogP contribution in [0.2, 0.25) is 0 Å². The summed E-state index contributed by atoms with van der Waals surface area (Å²) in [6, 6.07) is 1.86. The topological polar surface area (TPSA) is 70.2 Å². The Balaban J connectivity index is 0.00000242. The molecule has 0 aromatic carbocycles. The smallest absolute Gasteiger partial charge is 0.261 e. The second-order valence-corrected chi connectivity index (χ2v) is 7.61. The van der Waals surface area contributed by atoms with Gasteiger partial charge in [0.25, 0.3) is 5.91 Å². The molecule has 5 nitrogen and oxygen atoms in total. The lowest BCUT2D eigenvalue weighted by Crippen LogP contribution is -2.48. The highest BCUT2D eigenvalue weighted by atomic mass is 35.5. The number of halogens is 1. The molecule has 0 radical (unpaired) electrons. The molecule has 7 heteroatoms. The molecule has 22 heavy (non-hydrogen) atoms. The molecule has 2 amide bonds. The number of thiophene rings is 1. The summed E-state index contributed by atoms with van der Waals surface area (Å²) in [6.45, 7) is 10.1. The van der Waals surface area contributed by atoms with Gasteiger partial charge in [0, 0.05) is 31.0 Å². The Kier molecular flexibility index (Phi) is 6.40. The SMILES string of the molecule is Cc1cc(NC(=O)C(C)(C)C)sc1C(=O)NCC1CNC1.Cl. The zero-order valence-corrected chi connectivity index (χ0v) is 15.0. The molecule has 1 aliphatic heterocycles. The van der Waals surface area contributed by atoms with Crippen molar-refractivity contribution in [3.63, 3.8) is 0 Å². The number of aryl methyl sites for hydroxylation is 1. The van der Waals surface area contributed by atoms with Crippen molar-refractivity contribution in [3.8, 4) is 0 Å². The first-order valence-electron chi connectivity index (χ1n) is 7.18. The van der Waals surface area contributed by atoms with E-state index in [1.807, 2.05) is 33.8 Å². The van der Waals surface area contributed by atoms with Gasteiger partial charge in [0.15, 0.2) is 0 Å². The van der Waals surface area contributed by atoms with E-state index in [1.165, 1.54) is 11.3 Å². The molecule has 1 saturated heterocycles. The number of carbonyl (C=O) groups is 2. The maximum absolute atomic E-state index is 12.2. The van der Waals surface area contributed by atoms with E-state index in [2.05, 4.69) is 16.0 Å². The largest absolute Gasteiger partial charge is 0.351 e. The van der Waals surface area contributed by atoms with Gasteiger partial charge in [-0.25, -0.2) is 0 Å². The molecule has 0 spiro atoms. The van der Waals surface area contributed by atoms with Gasteiger partial charge >= 0.3 is 0 Å². The third-order valence-electron chi connectivity index (χ3n) is 3.46. The summed E-state index contributed by atoms with van der Waals surface area (Å²) in [7, 11) is 0. The summed E-state index contributed by atoms with van der Waals surface area (Å²) < 4.78 is 0. The Morgan fingerprint density at radius 2 is 2.00 bits per heavy atom. The summed E-state index contributed by atoms with van der Waals surface area (Å²) in [5.41, 5.74) is 0.450. The fraction of sp³-hybridized carbons (Fsp3) is 0.600. The van der Waals surface area contributed by atoms with Crippen molar-refractivity contribution in [2.45, 2.75) is 27.7 Å². The average Bonchev–Trinajstić information content (AvgIpc) is 2.66. The fourth-order valence-corrected chi connectivity index (χ4v) is 2.86. The molecule has 0 saturated carbocycles. The number of carbonyl (C=O) groups excluding carboxylic acids is 2. The van der Waals surface area contributed by atoms with Crippen molar-refractivity contribution in [2.24, 2.45) is 11.3 Å². The highest BCUT2D eigenvalue weighted by Gasteiger charge is 2.23. The van der Waals surface area contributed by atoms with Gasteiger partial charge in [0.2, 0.25) is 5.91 Å². The van der Waals surface area contributed by atoms with E-state index in [4.69, 9.17) is 0 Å². The Morgan fingerprint density at radius 3 is 2.50 bits per heavy atom. The normalized spacial score (nSPS) is 14.7. The lowest BCUT2D eigenvalue weighted by molar-refractivity contribution is -0.123. The van der Waals surface area contributed by atoms with E-state index in [9.17, 15) is 9.59 Å². The van der Waals surface area contributed by atoms with Gasteiger partial charge in [-0.2, -0.15) is 0 Å². The Labute approximate surface area is 141 Å². The first kappa shape index (κ1) is 18.9. The zero-order chi connectivity index (χ0) is 15.6. The molecule has 1 aromatic rings. The van der Waals surface area contributed by atoms with Crippen LogP contribution in [0.5, 0.6) is 0 Å². The maximum Gasteiger partial charge on any atom is 0.261 e. The number of anilines is 1. The second kappa shape index (κ2) is 7.44. The van der Waals surface area contributed by atoms with Crippen LogP contribution in [0, 0.1) is 18.3 Å². The molecule has 0 aliphatic carbocycles. The average molecular weight is 346 g/mol. The molecule has 2 rings (SSSR count). The monoisotopic (exact) mass is 345 g/mol. The molecule has 1 fully saturated rings. The van der Waals surface area contributed by atoms with Crippen molar-refractivity contribution in [1.29, 1.82) is 0 Å². The predicted molar refractivity (Wildman–Crippen MR) is 93.1 cm³/mol. The van der Waals surface area contributed by atoms with Crippen LogP contribution >= 0.6 is 23.7 Å². The first-order valence-corrected chi connectivity index (χ1v) is 8.00. The van der Waals surface area contributed by atoms with E-state index >= 15 is 0 Å². The molecule has 3 N–H and O–H groups in total. The lowest BCUT2D eigenvalue weighted by Gasteiger charge is -2.26. The van der Waals surface area contributed by atoms with E-state index < -0.39 is 5.41 Å². The van der Waals surface area contributed by atoms with Crippen LogP contribution < -0.4 is 16.0 Å². The fourth-order valence-electron chi connectivity index (χ4n) is 1.88. The molecule has 124 valence electrons. The molecule has 1 aliphatic rings. The van der Waals surface area contributed by atoms with Crippen molar-refractivity contribution in [3.05, 3.63) is 16.5 Å². The van der Waals surface area contributed by atoms with E-state index in [0.717, 1.165) is 23.7 Å². The van der Waals surface area contributed by atoms with E-state index in [1.54, 1.807) is 0 Å². The standard InChI is InChI=1S/C15H23N3O2S.ClH/c1-9-5-11(18-14(20)15(2,3)4)21-12(9)13(19)17-8-10-6-16-7-10;/h5,10,16H,6-8H2,1-4H3,(H,17,19)(H,18,20);1H. The zero-order valence-electron chi connectivity index (χ0n) is 13.4.